The van der Waals surface area contributed by atoms with E-state index in [0.29, 0.717) is 24.2 Å². The molecule has 10 heteroatoms. The number of aromatic amines is 1. The van der Waals surface area contributed by atoms with Gasteiger partial charge < -0.3 is 25.4 Å². The quantitative estimate of drug-likeness (QED) is 0.166. The Hall–Kier alpha value is -3.86. The number of carbonyl (C=O) groups excluding carboxylic acids is 1. The molecule has 4 rings (SSSR count). The summed E-state index contributed by atoms with van der Waals surface area (Å²) in [6, 6.07) is 22.4. The normalized spacial score (nSPS) is 13.2. The van der Waals surface area contributed by atoms with Crippen LogP contribution < -0.4 is 10.0 Å². The van der Waals surface area contributed by atoms with E-state index >= 15 is 0 Å². The molecular formula is C30H36N4O5S. The zero-order valence-corrected chi connectivity index (χ0v) is 23.7. The van der Waals surface area contributed by atoms with Gasteiger partial charge in [-0.15, -0.1) is 0 Å². The summed E-state index contributed by atoms with van der Waals surface area (Å²) in [5, 5.41) is 24.8. The number of phenolic OH excluding ortho intramolecular Hbond substituents is 1. The molecule has 9 nitrogen and oxygen atoms in total. The molecule has 4 aromatic rings. The number of aromatic hydroxyl groups is 1. The van der Waals surface area contributed by atoms with Crippen LogP contribution in [0.1, 0.15) is 40.2 Å². The number of hydrogen-bond donors (Lipinski definition) is 5. The number of H-pyrrole nitrogens is 1. The summed E-state index contributed by atoms with van der Waals surface area (Å²) in [5.41, 5.74) is 4.22. The van der Waals surface area contributed by atoms with Crippen molar-refractivity contribution in [1.82, 2.24) is 15.2 Å². The third kappa shape index (κ3) is 7.84. The second-order valence-electron chi connectivity index (χ2n) is 10.2. The molecular weight excluding hydrogens is 528 g/mol. The number of rotatable bonds is 12. The Morgan fingerprint density at radius 1 is 1.02 bits per heavy atom. The van der Waals surface area contributed by atoms with E-state index < -0.39 is 16.1 Å². The van der Waals surface area contributed by atoms with Crippen LogP contribution in [0.4, 0.5) is 5.69 Å². The number of nitrogens with zero attached hydrogens (tertiary/aromatic N) is 1. The minimum Gasteiger partial charge on any atom is -0.506 e. The minimum atomic E-state index is -3.57. The molecule has 0 saturated heterocycles. The molecule has 0 spiro atoms. The first-order valence-electron chi connectivity index (χ1n) is 13.1. The lowest BCUT2D eigenvalue weighted by Crippen LogP contribution is -2.32. The average Bonchev–Trinajstić information content (AvgIpc) is 3.34. The highest BCUT2D eigenvalue weighted by Gasteiger charge is 2.16. The molecule has 1 heterocycles. The third-order valence-corrected chi connectivity index (χ3v) is 7.33. The molecule has 0 unspecified atom stereocenters. The number of fused-ring (bicyclic) bond motifs is 1. The summed E-state index contributed by atoms with van der Waals surface area (Å²) in [6.45, 7) is 2.88. The molecule has 0 bridgehead atoms. The lowest BCUT2D eigenvalue weighted by atomic mass is 10.0. The second kappa shape index (κ2) is 12.5. The summed E-state index contributed by atoms with van der Waals surface area (Å²) in [7, 11) is -1.76. The molecule has 1 amide bonds. The van der Waals surface area contributed by atoms with Gasteiger partial charge in [-0.3, -0.25) is 9.52 Å². The number of sulfonamides is 1. The molecule has 1 aromatic heterocycles. The molecule has 0 aliphatic carbocycles. The van der Waals surface area contributed by atoms with Gasteiger partial charge in [-0.1, -0.05) is 42.5 Å². The van der Waals surface area contributed by atoms with Gasteiger partial charge in [-0.2, -0.15) is 0 Å². The Morgan fingerprint density at radius 2 is 1.77 bits per heavy atom. The minimum absolute atomic E-state index is 0.0205. The highest BCUT2D eigenvalue weighted by atomic mass is 32.2. The molecule has 0 fully saturated rings. The molecule has 0 aliphatic heterocycles. The Bertz CT molecular complexity index is 1570. The van der Waals surface area contributed by atoms with Crippen LogP contribution in [0.15, 0.2) is 72.8 Å². The maximum atomic E-state index is 13.0. The van der Waals surface area contributed by atoms with E-state index in [2.05, 4.69) is 33.2 Å². The van der Waals surface area contributed by atoms with E-state index in [-0.39, 0.29) is 29.9 Å². The Labute approximate surface area is 234 Å². The zero-order valence-electron chi connectivity index (χ0n) is 22.9. The van der Waals surface area contributed by atoms with E-state index in [4.69, 9.17) is 0 Å². The monoisotopic (exact) mass is 564 g/mol. The molecule has 0 saturated carbocycles. The fraction of sp³-hybridized carbons (Fsp3) is 0.300. The molecule has 40 heavy (non-hydrogen) atoms. The predicted octanol–water partition coefficient (Wildman–Crippen LogP) is 3.81. The van der Waals surface area contributed by atoms with Crippen molar-refractivity contribution in [2.24, 2.45) is 0 Å². The largest absolute Gasteiger partial charge is 0.506 e. The van der Waals surface area contributed by atoms with Crippen molar-refractivity contribution in [2.75, 3.05) is 31.1 Å². The number of nitrogens with one attached hydrogen (secondary N) is 3. The highest BCUT2D eigenvalue weighted by molar-refractivity contribution is 7.92. The van der Waals surface area contributed by atoms with Gasteiger partial charge in [0.05, 0.1) is 18.0 Å². The van der Waals surface area contributed by atoms with Gasteiger partial charge in [0.25, 0.3) is 5.91 Å². The van der Waals surface area contributed by atoms with Gasteiger partial charge in [-0.25, -0.2) is 8.42 Å². The lowest BCUT2D eigenvalue weighted by Gasteiger charge is -2.18. The topological polar surface area (TPSA) is 135 Å². The third-order valence-electron chi connectivity index (χ3n) is 6.74. The van der Waals surface area contributed by atoms with Crippen LogP contribution in [0, 0.1) is 0 Å². The predicted molar refractivity (Wildman–Crippen MR) is 158 cm³/mol. The summed E-state index contributed by atoms with van der Waals surface area (Å²) in [5.74, 6) is -0.270. The van der Waals surface area contributed by atoms with Crippen LogP contribution in [-0.2, 0) is 22.9 Å². The number of hydrogen-bond acceptors (Lipinski definition) is 6. The Kier molecular flexibility index (Phi) is 9.14. The summed E-state index contributed by atoms with van der Waals surface area (Å²) in [6.07, 6.45) is 1.58. The van der Waals surface area contributed by atoms with Crippen LogP contribution in [0.25, 0.3) is 10.9 Å². The van der Waals surface area contributed by atoms with Crippen molar-refractivity contribution in [3.8, 4) is 5.75 Å². The zero-order chi connectivity index (χ0) is 28.9. The van der Waals surface area contributed by atoms with Gasteiger partial charge >= 0.3 is 0 Å². The maximum absolute atomic E-state index is 13.0. The number of carbonyl (C=O) groups is 1. The van der Waals surface area contributed by atoms with Gasteiger partial charge in [0.15, 0.2) is 0 Å². The SMILES string of the molecule is C[C@H](Cc1ccc2[nH]c(C(=O)N(C)CCc3ccccc3)cc2c1)NC[C@H](O)c1ccc(O)c(NS(C)(=O)=O)c1. The van der Waals surface area contributed by atoms with E-state index in [9.17, 15) is 23.4 Å². The number of likely N-dealkylation sites (N-methyl/N-ethyl adjacent to an activating group) is 1. The van der Waals surface area contributed by atoms with Crippen molar-refractivity contribution >= 4 is 32.5 Å². The standard InChI is InChI=1S/C30H36N4O5S/c1-20(31-19-29(36)23-10-12-28(35)26(17-23)33-40(3,38)39)15-22-9-11-25-24(16-22)18-27(32-25)30(37)34(2)14-13-21-7-5-4-6-8-21/h4-12,16-18,20,29,31-33,35-36H,13-15,19H2,1-3H3/t20-,29+/m1/s1. The fourth-order valence-electron chi connectivity index (χ4n) is 4.57. The van der Waals surface area contributed by atoms with Gasteiger partial charge in [0.2, 0.25) is 10.0 Å². The summed E-state index contributed by atoms with van der Waals surface area (Å²) < 4.78 is 25.3. The van der Waals surface area contributed by atoms with Gasteiger partial charge in [0, 0.05) is 37.1 Å². The highest BCUT2D eigenvalue weighted by Crippen LogP contribution is 2.28. The van der Waals surface area contributed by atoms with Crippen molar-refractivity contribution in [3.05, 3.63) is 95.2 Å². The number of anilines is 1. The maximum Gasteiger partial charge on any atom is 0.270 e. The first-order valence-corrected chi connectivity index (χ1v) is 15.0. The Balaban J connectivity index is 1.33. The van der Waals surface area contributed by atoms with E-state index in [1.54, 1.807) is 11.0 Å². The first-order chi connectivity index (χ1) is 19.0. The van der Waals surface area contributed by atoms with Crippen LogP contribution in [-0.4, -0.2) is 66.9 Å². The van der Waals surface area contributed by atoms with Crippen molar-refractivity contribution in [1.29, 1.82) is 0 Å². The van der Waals surface area contributed by atoms with Crippen molar-refractivity contribution in [3.63, 3.8) is 0 Å². The number of aliphatic hydroxyl groups excluding tert-OH is 1. The number of aromatic nitrogens is 1. The van der Waals surface area contributed by atoms with Crippen molar-refractivity contribution < 1.29 is 23.4 Å². The molecule has 3 aromatic carbocycles. The average molecular weight is 565 g/mol. The van der Waals surface area contributed by atoms with E-state index in [1.807, 2.05) is 50.4 Å². The van der Waals surface area contributed by atoms with Gasteiger partial charge in [0.1, 0.15) is 11.4 Å². The van der Waals surface area contributed by atoms with Crippen LogP contribution >= 0.6 is 0 Å². The molecule has 0 radical (unpaired) electrons. The van der Waals surface area contributed by atoms with Crippen LogP contribution in [0.5, 0.6) is 5.75 Å². The number of phenols is 1. The molecule has 5 N–H and O–H groups in total. The van der Waals surface area contributed by atoms with Crippen LogP contribution in [0.2, 0.25) is 0 Å². The van der Waals surface area contributed by atoms with Gasteiger partial charge in [-0.05, 0) is 66.8 Å². The van der Waals surface area contributed by atoms with E-state index in [1.165, 1.54) is 17.7 Å². The summed E-state index contributed by atoms with van der Waals surface area (Å²) >= 11 is 0. The number of aliphatic hydroxyl groups is 1. The lowest BCUT2D eigenvalue weighted by molar-refractivity contribution is 0.0792. The number of benzene rings is 3. The first kappa shape index (κ1) is 29.1. The number of amides is 1. The molecule has 212 valence electrons. The molecule has 2 atom stereocenters. The fourth-order valence-corrected chi connectivity index (χ4v) is 5.13. The smallest absolute Gasteiger partial charge is 0.270 e. The van der Waals surface area contributed by atoms with Crippen molar-refractivity contribution in [2.45, 2.75) is 31.9 Å². The summed E-state index contributed by atoms with van der Waals surface area (Å²) in [4.78, 5) is 17.9. The van der Waals surface area contributed by atoms with E-state index in [0.717, 1.165) is 29.1 Å². The second-order valence-corrected chi connectivity index (χ2v) is 12.0. The Morgan fingerprint density at radius 3 is 2.50 bits per heavy atom. The molecule has 0 aliphatic rings. The van der Waals surface area contributed by atoms with Crippen LogP contribution in [0.3, 0.4) is 0 Å².